The first-order chi connectivity index (χ1) is 11.3. The molecule has 4 rings (SSSR count). The predicted octanol–water partition coefficient (Wildman–Crippen LogP) is 4.75. The van der Waals surface area contributed by atoms with Gasteiger partial charge in [0.1, 0.15) is 0 Å². The van der Waals surface area contributed by atoms with Crippen LogP contribution in [0.4, 0.5) is 0 Å². The Kier molecular flexibility index (Phi) is 5.03. The van der Waals surface area contributed by atoms with Crippen LogP contribution in [0.5, 0.6) is 0 Å². The van der Waals surface area contributed by atoms with Crippen molar-refractivity contribution in [2.24, 2.45) is 0 Å². The van der Waals surface area contributed by atoms with E-state index in [1.807, 2.05) is 11.4 Å². The number of rotatable bonds is 5. The molecule has 2 aliphatic rings. The lowest BCUT2D eigenvalue weighted by molar-refractivity contribution is 0.647. The molecule has 0 aromatic heterocycles. The predicted molar refractivity (Wildman–Crippen MR) is 103 cm³/mol. The summed E-state index contributed by atoms with van der Waals surface area (Å²) in [6.07, 6.45) is 6.42. The summed E-state index contributed by atoms with van der Waals surface area (Å²) in [4.78, 5) is 0. The summed E-state index contributed by atoms with van der Waals surface area (Å²) >= 11 is 0. The molecule has 3 heteroatoms. The molecule has 111 valence electrons. The topological polar surface area (TPSA) is 9.23 Å². The lowest BCUT2D eigenvalue weighted by atomic mass is 9.98. The van der Waals surface area contributed by atoms with Crippen molar-refractivity contribution in [3.63, 3.8) is 0 Å². The Hall–Kier alpha value is -2.21. The Morgan fingerprint density at radius 3 is 1.87 bits per heavy atom. The Balaban J connectivity index is 0.000000162. The van der Waals surface area contributed by atoms with E-state index in [1.165, 1.54) is 27.5 Å². The lowest BCUT2D eigenvalue weighted by Crippen LogP contribution is -2.18. The van der Waals surface area contributed by atoms with Crippen LogP contribution < -0.4 is 0 Å². The zero-order valence-electron chi connectivity index (χ0n) is 12.8. The van der Waals surface area contributed by atoms with Gasteiger partial charge in [0, 0.05) is 0 Å². The van der Waals surface area contributed by atoms with Crippen LogP contribution in [0.15, 0.2) is 73.1 Å². The molecule has 3 radical (unpaired) electrons. The van der Waals surface area contributed by atoms with Crippen LogP contribution in [0.3, 0.4) is 0 Å². The molecule has 0 amide bonds. The number of hydrogen-bond donors (Lipinski definition) is 0. The summed E-state index contributed by atoms with van der Waals surface area (Å²) in [5.74, 6) is 0. The van der Waals surface area contributed by atoms with Crippen LogP contribution in [0, 0.1) is 0 Å². The maximum Gasteiger partial charge on any atom is 0.257 e. The van der Waals surface area contributed by atoms with E-state index in [9.17, 15) is 0 Å². The normalized spacial score (nSPS) is 12.7. The third-order valence-corrected chi connectivity index (χ3v) is 6.46. The maximum absolute atomic E-state index is 5.73. The highest BCUT2D eigenvalue weighted by atomic mass is 28.3. The first kappa shape index (κ1) is 15.7. The molecule has 23 heavy (non-hydrogen) atoms. The van der Waals surface area contributed by atoms with Gasteiger partial charge in [0.2, 0.25) is 0 Å². The number of benzene rings is 2. The van der Waals surface area contributed by atoms with Gasteiger partial charge in [-0.3, -0.25) is 0 Å². The summed E-state index contributed by atoms with van der Waals surface area (Å²) in [5, 5.41) is 1.30. The maximum atomic E-state index is 5.73. The molecule has 0 saturated heterocycles. The van der Waals surface area contributed by atoms with Crippen molar-refractivity contribution in [2.45, 2.75) is 0 Å². The van der Waals surface area contributed by atoms with Crippen molar-refractivity contribution in [1.29, 1.82) is 0 Å². The summed E-state index contributed by atoms with van der Waals surface area (Å²) in [5.41, 5.74) is 9.09. The summed E-state index contributed by atoms with van der Waals surface area (Å²) in [6.45, 7) is 7.46. The molecule has 2 aliphatic carbocycles. The van der Waals surface area contributed by atoms with Crippen LogP contribution >= 0.6 is 0 Å². The van der Waals surface area contributed by atoms with E-state index in [1.54, 1.807) is 0 Å². The van der Waals surface area contributed by atoms with Gasteiger partial charge in [0.25, 0.3) is 18.8 Å². The fourth-order valence-electron chi connectivity index (χ4n) is 2.29. The Morgan fingerprint density at radius 1 is 0.826 bits per heavy atom. The fourth-order valence-corrected chi connectivity index (χ4v) is 4.58. The molecular formula is C20H17OSi2. The van der Waals surface area contributed by atoms with Crippen molar-refractivity contribution in [2.75, 3.05) is 0 Å². The molecule has 0 bridgehead atoms. The third kappa shape index (κ3) is 3.59. The van der Waals surface area contributed by atoms with Crippen LogP contribution in [0.2, 0.25) is 0 Å². The number of hydrogen-bond acceptors (Lipinski definition) is 1. The molecule has 0 saturated carbocycles. The molecule has 0 aliphatic heterocycles. The first-order valence-corrected chi connectivity index (χ1v) is 9.92. The van der Waals surface area contributed by atoms with Gasteiger partial charge in [0.15, 0.2) is 0 Å². The Labute approximate surface area is 142 Å². The fraction of sp³-hybridized carbons (Fsp3) is 0. The zero-order chi connectivity index (χ0) is 16.1. The standard InChI is InChI=1S/C12H11OSi2.C8H6/c1-3-15(4-2)13-14-12-9-10-7-5-6-8-11(10)12;1-2-4-8-6-5-7(8)3-1/h3-9H,1-2H2;1-6H. The Bertz CT molecular complexity index is 757. The first-order valence-electron chi connectivity index (χ1n) is 7.44. The molecule has 0 spiro atoms. The van der Waals surface area contributed by atoms with Crippen LogP contribution in [0.1, 0.15) is 22.3 Å². The van der Waals surface area contributed by atoms with Gasteiger partial charge in [0.05, 0.1) is 0 Å². The lowest BCUT2D eigenvalue weighted by Gasteiger charge is -2.19. The summed E-state index contributed by atoms with van der Waals surface area (Å²) in [6, 6.07) is 16.7. The smallest absolute Gasteiger partial charge is 0.257 e. The third-order valence-electron chi connectivity index (χ3n) is 3.67. The summed E-state index contributed by atoms with van der Waals surface area (Å²) in [7, 11) is -0.579. The van der Waals surface area contributed by atoms with Crippen LogP contribution in [-0.4, -0.2) is 18.8 Å². The minimum absolute atomic E-state index is 0.418. The Morgan fingerprint density at radius 2 is 1.39 bits per heavy atom. The molecule has 0 N–H and O–H groups in total. The van der Waals surface area contributed by atoms with Crippen molar-refractivity contribution in [1.82, 2.24) is 0 Å². The van der Waals surface area contributed by atoms with E-state index in [4.69, 9.17) is 4.12 Å². The van der Waals surface area contributed by atoms with Crippen molar-refractivity contribution >= 4 is 42.2 Å². The van der Waals surface area contributed by atoms with Gasteiger partial charge in [-0.05, 0) is 27.5 Å². The van der Waals surface area contributed by atoms with Crippen molar-refractivity contribution in [3.05, 3.63) is 95.3 Å². The second-order valence-corrected chi connectivity index (χ2v) is 8.30. The van der Waals surface area contributed by atoms with E-state index in [-0.39, 0.29) is 0 Å². The van der Waals surface area contributed by atoms with Crippen molar-refractivity contribution in [3.8, 4) is 0 Å². The second-order valence-electron chi connectivity index (χ2n) is 5.12. The molecule has 0 fully saturated rings. The van der Waals surface area contributed by atoms with E-state index >= 15 is 0 Å². The van der Waals surface area contributed by atoms with Crippen molar-refractivity contribution < 1.29 is 4.12 Å². The highest BCUT2D eigenvalue weighted by Gasteiger charge is 2.17. The van der Waals surface area contributed by atoms with Gasteiger partial charge in [-0.1, -0.05) is 78.2 Å². The van der Waals surface area contributed by atoms with Gasteiger partial charge in [-0.2, -0.15) is 0 Å². The highest BCUT2D eigenvalue weighted by Crippen LogP contribution is 2.31. The average molecular weight is 330 g/mol. The monoisotopic (exact) mass is 329 g/mol. The highest BCUT2D eigenvalue weighted by molar-refractivity contribution is 6.73. The quantitative estimate of drug-likeness (QED) is 0.614. The number of fused-ring (bicyclic) bond motifs is 2. The average Bonchev–Trinajstić information content (AvgIpc) is 2.54. The van der Waals surface area contributed by atoms with Gasteiger partial charge >= 0.3 is 0 Å². The SMILES string of the molecule is C1=Cc2ccccc21.C=C[Si](C=C)O[Si]C1=Cc2ccccc21. The summed E-state index contributed by atoms with van der Waals surface area (Å²) < 4.78 is 5.73. The zero-order valence-corrected chi connectivity index (χ0v) is 14.8. The molecule has 2 aromatic carbocycles. The second kappa shape index (κ2) is 7.37. The molecular weight excluding hydrogens is 312 g/mol. The molecule has 2 aromatic rings. The molecule has 0 unspecified atom stereocenters. The molecule has 0 atom stereocenters. The van der Waals surface area contributed by atoms with Gasteiger partial charge in [-0.25, -0.2) is 0 Å². The minimum Gasteiger partial charge on any atom is -0.446 e. The largest absolute Gasteiger partial charge is 0.446 e. The minimum atomic E-state index is -0.997. The molecule has 1 nitrogen and oxygen atoms in total. The van der Waals surface area contributed by atoms with Crippen LogP contribution in [-0.2, 0) is 4.12 Å². The van der Waals surface area contributed by atoms with Gasteiger partial charge < -0.3 is 4.12 Å². The van der Waals surface area contributed by atoms with E-state index in [0.29, 0.717) is 9.76 Å². The van der Waals surface area contributed by atoms with Gasteiger partial charge in [-0.15, -0.1) is 13.2 Å². The van der Waals surface area contributed by atoms with E-state index in [2.05, 4.69) is 79.9 Å². The van der Waals surface area contributed by atoms with E-state index < -0.39 is 9.04 Å². The van der Waals surface area contributed by atoms with Crippen LogP contribution in [0.25, 0.3) is 23.4 Å². The van der Waals surface area contributed by atoms with E-state index in [0.717, 1.165) is 0 Å². The molecule has 0 heterocycles.